The van der Waals surface area contributed by atoms with E-state index in [4.69, 9.17) is 4.74 Å². The fourth-order valence-corrected chi connectivity index (χ4v) is 1.27. The molecule has 0 amide bonds. The van der Waals surface area contributed by atoms with E-state index in [2.05, 4.69) is 5.10 Å². The Morgan fingerprint density at radius 3 is 2.44 bits per heavy atom. The number of hydrazone groups is 1. The van der Waals surface area contributed by atoms with Crippen LogP contribution in [-0.2, 0) is 11.3 Å². The molecule has 0 aliphatic rings. The van der Waals surface area contributed by atoms with E-state index in [0.717, 1.165) is 18.7 Å². The SMILES string of the molecule is CN(C)/N=C/[C@@H](OCc1ccccc1)C(C)(F)F. The Bertz CT molecular complexity index is 374. The summed E-state index contributed by atoms with van der Waals surface area (Å²) in [5.74, 6) is -2.96. The van der Waals surface area contributed by atoms with Crippen LogP contribution >= 0.6 is 0 Å². The molecule has 1 aromatic carbocycles. The molecule has 0 spiro atoms. The summed E-state index contributed by atoms with van der Waals surface area (Å²) in [6.07, 6.45) is -0.205. The second-order valence-electron chi connectivity index (χ2n) is 4.29. The van der Waals surface area contributed by atoms with Gasteiger partial charge in [0.2, 0.25) is 0 Å². The van der Waals surface area contributed by atoms with Gasteiger partial charge in [0, 0.05) is 21.0 Å². The smallest absolute Gasteiger partial charge is 0.276 e. The molecule has 0 radical (unpaired) electrons. The van der Waals surface area contributed by atoms with Crippen LogP contribution in [0.3, 0.4) is 0 Å². The molecule has 0 fully saturated rings. The molecule has 100 valence electrons. The highest BCUT2D eigenvalue weighted by Gasteiger charge is 2.34. The maximum absolute atomic E-state index is 13.3. The number of hydrogen-bond acceptors (Lipinski definition) is 3. The van der Waals surface area contributed by atoms with Gasteiger partial charge in [-0.2, -0.15) is 5.10 Å². The summed E-state index contributed by atoms with van der Waals surface area (Å²) in [6.45, 7) is 0.957. The van der Waals surface area contributed by atoms with Crippen LogP contribution < -0.4 is 0 Å². The second kappa shape index (κ2) is 6.44. The number of halogens is 2. The quantitative estimate of drug-likeness (QED) is 0.577. The first-order chi connectivity index (χ1) is 8.39. The third-order valence-electron chi connectivity index (χ3n) is 2.20. The first-order valence-electron chi connectivity index (χ1n) is 5.64. The van der Waals surface area contributed by atoms with Gasteiger partial charge in [-0.15, -0.1) is 0 Å². The average molecular weight is 256 g/mol. The van der Waals surface area contributed by atoms with E-state index in [1.54, 1.807) is 14.1 Å². The van der Waals surface area contributed by atoms with E-state index in [-0.39, 0.29) is 6.61 Å². The fraction of sp³-hybridized carbons (Fsp3) is 0.462. The molecule has 5 heteroatoms. The molecule has 0 unspecified atom stereocenters. The molecule has 1 atom stereocenters. The predicted molar refractivity (Wildman–Crippen MR) is 67.8 cm³/mol. The first kappa shape index (κ1) is 14.6. The Hall–Kier alpha value is -1.49. The molecular weight excluding hydrogens is 238 g/mol. The summed E-state index contributed by atoms with van der Waals surface area (Å²) < 4.78 is 31.8. The van der Waals surface area contributed by atoms with Gasteiger partial charge in [0.05, 0.1) is 12.8 Å². The predicted octanol–water partition coefficient (Wildman–Crippen LogP) is 2.77. The number of alkyl halides is 2. The van der Waals surface area contributed by atoms with E-state index in [1.807, 2.05) is 30.3 Å². The highest BCUT2D eigenvalue weighted by Crippen LogP contribution is 2.20. The lowest BCUT2D eigenvalue weighted by molar-refractivity contribution is -0.0964. The van der Waals surface area contributed by atoms with Gasteiger partial charge in [-0.3, -0.25) is 0 Å². The Labute approximate surface area is 106 Å². The lowest BCUT2D eigenvalue weighted by Gasteiger charge is -2.20. The fourth-order valence-electron chi connectivity index (χ4n) is 1.27. The highest BCUT2D eigenvalue weighted by atomic mass is 19.3. The molecule has 1 rings (SSSR count). The third kappa shape index (κ3) is 5.23. The molecular formula is C13H18F2N2O. The van der Waals surface area contributed by atoms with Crippen LogP contribution in [-0.4, -0.2) is 37.3 Å². The van der Waals surface area contributed by atoms with Gasteiger partial charge in [-0.05, 0) is 5.56 Å². The summed E-state index contributed by atoms with van der Waals surface area (Å²) in [5.41, 5.74) is 0.852. The van der Waals surface area contributed by atoms with Crippen LogP contribution in [0.1, 0.15) is 12.5 Å². The third-order valence-corrected chi connectivity index (χ3v) is 2.20. The van der Waals surface area contributed by atoms with Crippen molar-refractivity contribution in [3.63, 3.8) is 0 Å². The summed E-state index contributed by atoms with van der Waals surface area (Å²) in [6, 6.07) is 9.20. The van der Waals surface area contributed by atoms with Gasteiger partial charge in [-0.1, -0.05) is 30.3 Å². The monoisotopic (exact) mass is 256 g/mol. The summed E-state index contributed by atoms with van der Waals surface area (Å²) >= 11 is 0. The van der Waals surface area contributed by atoms with Crippen LogP contribution in [0.4, 0.5) is 8.78 Å². The van der Waals surface area contributed by atoms with E-state index >= 15 is 0 Å². The van der Waals surface area contributed by atoms with Crippen molar-refractivity contribution in [2.24, 2.45) is 5.10 Å². The van der Waals surface area contributed by atoms with Crippen molar-refractivity contribution in [1.82, 2.24) is 5.01 Å². The van der Waals surface area contributed by atoms with Crippen molar-refractivity contribution in [2.45, 2.75) is 25.6 Å². The Kier molecular flexibility index (Phi) is 5.22. The van der Waals surface area contributed by atoms with Crippen molar-refractivity contribution in [1.29, 1.82) is 0 Å². The number of benzene rings is 1. The maximum Gasteiger partial charge on any atom is 0.276 e. The Balaban J connectivity index is 2.63. The standard InChI is InChI=1S/C13H18F2N2O/c1-13(14,15)12(9-16-17(2)3)18-10-11-7-5-4-6-8-11/h4-9,12H,10H2,1-3H3/b16-9+/t12-/m1/s1. The van der Waals surface area contributed by atoms with Crippen LogP contribution in [0.5, 0.6) is 0 Å². The van der Waals surface area contributed by atoms with Crippen LogP contribution in [0.25, 0.3) is 0 Å². The second-order valence-corrected chi connectivity index (χ2v) is 4.29. The minimum Gasteiger partial charge on any atom is -0.361 e. The van der Waals surface area contributed by atoms with Crippen molar-refractivity contribution >= 4 is 6.21 Å². The molecule has 0 saturated heterocycles. The molecule has 3 nitrogen and oxygen atoms in total. The van der Waals surface area contributed by atoms with Gasteiger partial charge < -0.3 is 9.75 Å². The average Bonchev–Trinajstić information content (AvgIpc) is 2.28. The minimum atomic E-state index is -2.96. The zero-order chi connectivity index (χ0) is 13.6. The summed E-state index contributed by atoms with van der Waals surface area (Å²) in [7, 11) is 3.33. The van der Waals surface area contributed by atoms with Crippen molar-refractivity contribution in [3.8, 4) is 0 Å². The molecule has 0 aromatic heterocycles. The molecule has 0 N–H and O–H groups in total. The molecule has 0 saturated carbocycles. The molecule has 0 heterocycles. The van der Waals surface area contributed by atoms with Crippen LogP contribution in [0.2, 0.25) is 0 Å². The zero-order valence-corrected chi connectivity index (χ0v) is 10.8. The number of ether oxygens (including phenoxy) is 1. The van der Waals surface area contributed by atoms with Gasteiger partial charge >= 0.3 is 0 Å². The lowest BCUT2D eigenvalue weighted by atomic mass is 10.2. The first-order valence-corrected chi connectivity index (χ1v) is 5.64. The number of rotatable bonds is 6. The molecule has 0 aliphatic carbocycles. The summed E-state index contributed by atoms with van der Waals surface area (Å²) in [4.78, 5) is 0. The van der Waals surface area contributed by atoms with Gasteiger partial charge in [0.25, 0.3) is 5.92 Å². The van der Waals surface area contributed by atoms with Gasteiger partial charge in [-0.25, -0.2) is 8.78 Å². The summed E-state index contributed by atoms with van der Waals surface area (Å²) in [5, 5.41) is 5.26. The molecule has 18 heavy (non-hydrogen) atoms. The zero-order valence-electron chi connectivity index (χ0n) is 10.8. The van der Waals surface area contributed by atoms with E-state index in [1.165, 1.54) is 5.01 Å². The van der Waals surface area contributed by atoms with Crippen molar-refractivity contribution in [2.75, 3.05) is 14.1 Å². The van der Waals surface area contributed by atoms with Gasteiger partial charge in [0.15, 0.2) is 6.10 Å². The topological polar surface area (TPSA) is 24.8 Å². The van der Waals surface area contributed by atoms with Crippen LogP contribution in [0.15, 0.2) is 35.4 Å². The Morgan fingerprint density at radius 2 is 1.94 bits per heavy atom. The highest BCUT2D eigenvalue weighted by molar-refractivity contribution is 5.64. The largest absolute Gasteiger partial charge is 0.361 e. The van der Waals surface area contributed by atoms with E-state index in [0.29, 0.717) is 0 Å². The van der Waals surface area contributed by atoms with E-state index in [9.17, 15) is 8.78 Å². The van der Waals surface area contributed by atoms with Crippen LogP contribution in [0, 0.1) is 0 Å². The number of nitrogens with zero attached hydrogens (tertiary/aromatic N) is 2. The molecule has 1 aromatic rings. The molecule has 0 bridgehead atoms. The minimum absolute atomic E-state index is 0.133. The van der Waals surface area contributed by atoms with Crippen molar-refractivity contribution in [3.05, 3.63) is 35.9 Å². The lowest BCUT2D eigenvalue weighted by Crippen LogP contribution is -2.34. The Morgan fingerprint density at radius 1 is 1.33 bits per heavy atom. The molecule has 0 aliphatic heterocycles. The normalized spacial score (nSPS) is 13.8. The number of hydrogen-bond donors (Lipinski definition) is 0. The maximum atomic E-state index is 13.3. The van der Waals surface area contributed by atoms with Crippen molar-refractivity contribution < 1.29 is 13.5 Å². The van der Waals surface area contributed by atoms with Gasteiger partial charge in [0.1, 0.15) is 0 Å². The van der Waals surface area contributed by atoms with E-state index < -0.39 is 12.0 Å².